The third-order valence-corrected chi connectivity index (χ3v) is 2.81. The monoisotopic (exact) mass is 304 g/mol. The van der Waals surface area contributed by atoms with Gasteiger partial charge in [-0.15, -0.1) is 0 Å². The Morgan fingerprint density at radius 1 is 1.27 bits per heavy atom. The number of halogens is 1. The van der Waals surface area contributed by atoms with Crippen LogP contribution in [0.3, 0.4) is 0 Å². The molecule has 0 fully saturated rings. The fourth-order valence-corrected chi connectivity index (χ4v) is 1.81. The van der Waals surface area contributed by atoms with Gasteiger partial charge in [-0.1, -0.05) is 0 Å². The molecule has 22 heavy (non-hydrogen) atoms. The van der Waals surface area contributed by atoms with Crippen molar-refractivity contribution in [1.82, 2.24) is 9.78 Å². The summed E-state index contributed by atoms with van der Waals surface area (Å²) in [6, 6.07) is 5.81. The lowest BCUT2D eigenvalue weighted by Crippen LogP contribution is -2.07. The summed E-state index contributed by atoms with van der Waals surface area (Å²) in [6.45, 7) is 4.37. The van der Waals surface area contributed by atoms with Crippen molar-refractivity contribution in [3.05, 3.63) is 53.8 Å². The quantitative estimate of drug-likeness (QED) is 0.607. The molecule has 1 heterocycles. The Morgan fingerprint density at radius 2 is 2.00 bits per heavy atom. The Labute approximate surface area is 128 Å². The first-order chi connectivity index (χ1) is 10.7. The van der Waals surface area contributed by atoms with Gasteiger partial charge < -0.3 is 9.47 Å². The van der Waals surface area contributed by atoms with Gasteiger partial charge in [0.2, 0.25) is 0 Å². The van der Waals surface area contributed by atoms with Gasteiger partial charge in [0.1, 0.15) is 5.82 Å². The van der Waals surface area contributed by atoms with Crippen LogP contribution in [-0.4, -0.2) is 29.0 Å². The minimum Gasteiger partial charge on any atom is -0.501 e. The van der Waals surface area contributed by atoms with Crippen molar-refractivity contribution in [2.75, 3.05) is 13.2 Å². The molecular formula is C16H17FN2O3. The van der Waals surface area contributed by atoms with E-state index in [0.717, 1.165) is 0 Å². The van der Waals surface area contributed by atoms with E-state index in [1.54, 1.807) is 31.3 Å². The minimum absolute atomic E-state index is 0.183. The zero-order chi connectivity index (χ0) is 15.9. The molecule has 0 aliphatic rings. The van der Waals surface area contributed by atoms with Gasteiger partial charge in [-0.25, -0.2) is 13.9 Å². The number of nitrogens with zero attached hydrogens (tertiary/aromatic N) is 2. The van der Waals surface area contributed by atoms with E-state index in [1.807, 2.05) is 6.92 Å². The average molecular weight is 304 g/mol. The molecule has 5 nitrogen and oxygen atoms in total. The van der Waals surface area contributed by atoms with Crippen LogP contribution in [0.15, 0.2) is 36.7 Å². The van der Waals surface area contributed by atoms with Gasteiger partial charge in [0.15, 0.2) is 5.69 Å². The van der Waals surface area contributed by atoms with Gasteiger partial charge in [-0.05, 0) is 44.2 Å². The third kappa shape index (κ3) is 3.72. The smallest absolute Gasteiger partial charge is 0.359 e. The van der Waals surface area contributed by atoms with E-state index in [2.05, 4.69) is 5.10 Å². The summed E-state index contributed by atoms with van der Waals surface area (Å²) in [5.74, 6) is -0.850. The van der Waals surface area contributed by atoms with E-state index in [1.165, 1.54) is 23.1 Å². The summed E-state index contributed by atoms with van der Waals surface area (Å²) in [5.41, 5.74) is 1.39. The summed E-state index contributed by atoms with van der Waals surface area (Å²) >= 11 is 0. The second-order valence-corrected chi connectivity index (χ2v) is 4.33. The van der Waals surface area contributed by atoms with Crippen molar-refractivity contribution in [3.8, 4) is 5.69 Å². The molecule has 0 aliphatic carbocycles. The number of carbonyl (C=O) groups excluding carboxylic acids is 1. The van der Waals surface area contributed by atoms with Crippen molar-refractivity contribution in [2.24, 2.45) is 0 Å². The first kappa shape index (κ1) is 15.8. The van der Waals surface area contributed by atoms with Crippen molar-refractivity contribution < 1.29 is 18.7 Å². The number of carbonyl (C=O) groups is 1. The van der Waals surface area contributed by atoms with E-state index in [-0.39, 0.29) is 18.1 Å². The molecule has 0 spiro atoms. The van der Waals surface area contributed by atoms with Crippen LogP contribution in [0.2, 0.25) is 0 Å². The zero-order valence-electron chi connectivity index (χ0n) is 12.5. The van der Waals surface area contributed by atoms with Crippen LogP contribution in [0.5, 0.6) is 0 Å². The van der Waals surface area contributed by atoms with E-state index in [0.29, 0.717) is 17.9 Å². The van der Waals surface area contributed by atoms with E-state index in [9.17, 15) is 9.18 Å². The summed E-state index contributed by atoms with van der Waals surface area (Å²) < 4.78 is 24.6. The maximum absolute atomic E-state index is 13.0. The maximum atomic E-state index is 13.0. The topological polar surface area (TPSA) is 53.4 Å². The van der Waals surface area contributed by atoms with Crippen molar-refractivity contribution in [2.45, 2.75) is 13.8 Å². The number of rotatable bonds is 6. The fourth-order valence-electron chi connectivity index (χ4n) is 1.81. The lowest BCUT2D eigenvalue weighted by atomic mass is 10.2. The Balaban J connectivity index is 2.38. The summed E-state index contributed by atoms with van der Waals surface area (Å²) in [7, 11) is 0. The Morgan fingerprint density at radius 3 is 2.64 bits per heavy atom. The van der Waals surface area contributed by atoms with Crippen molar-refractivity contribution in [1.29, 1.82) is 0 Å². The molecule has 0 amide bonds. The van der Waals surface area contributed by atoms with E-state index < -0.39 is 5.97 Å². The highest BCUT2D eigenvalue weighted by Gasteiger charge is 2.17. The lowest BCUT2D eigenvalue weighted by molar-refractivity contribution is 0.0518. The molecule has 0 radical (unpaired) electrons. The maximum Gasteiger partial charge on any atom is 0.359 e. The van der Waals surface area contributed by atoms with Crippen LogP contribution in [0.4, 0.5) is 4.39 Å². The molecule has 6 heteroatoms. The molecule has 0 atom stereocenters. The minimum atomic E-state index is -0.514. The number of aromatic nitrogens is 2. The van der Waals surface area contributed by atoms with Gasteiger partial charge in [0.05, 0.1) is 25.2 Å². The number of esters is 1. The van der Waals surface area contributed by atoms with Gasteiger partial charge in [-0.3, -0.25) is 0 Å². The van der Waals surface area contributed by atoms with E-state index >= 15 is 0 Å². The molecule has 0 bridgehead atoms. The first-order valence-electron chi connectivity index (χ1n) is 6.96. The normalized spacial score (nSPS) is 10.9. The van der Waals surface area contributed by atoms with Crippen molar-refractivity contribution in [3.63, 3.8) is 0 Å². The summed E-state index contributed by atoms with van der Waals surface area (Å²) in [4.78, 5) is 12.0. The Kier molecular flexibility index (Phi) is 5.30. The predicted octanol–water partition coefficient (Wildman–Crippen LogP) is 3.20. The van der Waals surface area contributed by atoms with Crippen LogP contribution in [-0.2, 0) is 9.47 Å². The molecule has 0 saturated heterocycles. The molecule has 2 rings (SSSR count). The molecule has 1 aromatic heterocycles. The molecular weight excluding hydrogens is 287 g/mol. The van der Waals surface area contributed by atoms with Crippen LogP contribution >= 0.6 is 0 Å². The van der Waals surface area contributed by atoms with Gasteiger partial charge >= 0.3 is 5.97 Å². The number of ether oxygens (including phenoxy) is 2. The highest BCUT2D eigenvalue weighted by Crippen LogP contribution is 2.16. The number of hydrogen-bond donors (Lipinski definition) is 0. The predicted molar refractivity (Wildman–Crippen MR) is 80.1 cm³/mol. The number of benzene rings is 1. The molecule has 2 aromatic rings. The molecule has 0 saturated carbocycles. The van der Waals surface area contributed by atoms with Gasteiger partial charge in [0.25, 0.3) is 0 Å². The molecule has 0 unspecified atom stereocenters. The van der Waals surface area contributed by atoms with Crippen LogP contribution in [0.25, 0.3) is 11.8 Å². The lowest BCUT2D eigenvalue weighted by Gasteiger charge is -2.00. The highest BCUT2D eigenvalue weighted by molar-refractivity contribution is 5.91. The van der Waals surface area contributed by atoms with Crippen molar-refractivity contribution >= 4 is 12.0 Å². The molecule has 0 aliphatic heterocycles. The molecule has 1 aromatic carbocycles. The first-order valence-corrected chi connectivity index (χ1v) is 6.96. The van der Waals surface area contributed by atoms with Gasteiger partial charge in [-0.2, -0.15) is 5.10 Å². The second kappa shape index (κ2) is 7.40. The van der Waals surface area contributed by atoms with Gasteiger partial charge in [0, 0.05) is 11.8 Å². The van der Waals surface area contributed by atoms with Crippen LogP contribution < -0.4 is 0 Å². The Bertz CT molecular complexity index is 663. The zero-order valence-corrected chi connectivity index (χ0v) is 12.5. The average Bonchev–Trinajstić information content (AvgIpc) is 2.93. The van der Waals surface area contributed by atoms with Crippen LogP contribution in [0.1, 0.15) is 29.9 Å². The summed E-state index contributed by atoms with van der Waals surface area (Å²) in [5, 5.41) is 4.22. The standard InChI is InChI=1S/C16H17FN2O3/c1-3-21-10-9-12-11-19(14-7-5-13(17)6-8-14)18-15(12)16(20)22-4-2/h5-11H,3-4H2,1-2H3/b10-9-. The van der Waals surface area contributed by atoms with Crippen LogP contribution in [0, 0.1) is 5.82 Å². The largest absolute Gasteiger partial charge is 0.501 e. The fraction of sp³-hybridized carbons (Fsp3) is 0.250. The molecule has 0 N–H and O–H groups in total. The molecule has 116 valence electrons. The van der Waals surface area contributed by atoms with E-state index in [4.69, 9.17) is 9.47 Å². The SMILES string of the molecule is CCO/C=C\c1cn(-c2ccc(F)cc2)nc1C(=O)OCC. The number of hydrogen-bond acceptors (Lipinski definition) is 4. The Hall–Kier alpha value is -2.63. The third-order valence-electron chi connectivity index (χ3n) is 2.81. The highest BCUT2D eigenvalue weighted by atomic mass is 19.1. The second-order valence-electron chi connectivity index (χ2n) is 4.33. The summed E-state index contributed by atoms with van der Waals surface area (Å²) in [6.07, 6.45) is 4.80.